The summed E-state index contributed by atoms with van der Waals surface area (Å²) in [6, 6.07) is 1.99. The van der Waals surface area contributed by atoms with Gasteiger partial charge in [-0.05, 0) is 31.9 Å². The molecule has 0 unspecified atom stereocenters. The van der Waals surface area contributed by atoms with E-state index in [4.69, 9.17) is 4.74 Å². The molecule has 1 aromatic rings. The smallest absolute Gasteiger partial charge is 0.322 e. The molecule has 0 saturated carbocycles. The van der Waals surface area contributed by atoms with Gasteiger partial charge in [-0.15, -0.1) is 0 Å². The fraction of sp³-hybridized carbons (Fsp3) is 0.562. The molecule has 0 aliphatic carbocycles. The Morgan fingerprint density at radius 1 is 1.22 bits per heavy atom. The van der Waals surface area contributed by atoms with Crippen molar-refractivity contribution in [1.29, 1.82) is 0 Å². The average molecular weight is 325 g/mol. The van der Waals surface area contributed by atoms with E-state index in [2.05, 4.69) is 5.32 Å². The number of benzene rings is 1. The third kappa shape index (κ3) is 3.55. The molecule has 23 heavy (non-hydrogen) atoms. The third-order valence-corrected chi connectivity index (χ3v) is 4.22. The molecule has 0 bridgehead atoms. The lowest BCUT2D eigenvalue weighted by atomic mass is 10.2. The number of morpholine rings is 1. The SMILES string of the molecule is C[C@H]1CN(C(=O)Nc2cc(F)c(N3CCCC3)c(F)c2)CCO1. The Hall–Kier alpha value is -1.89. The monoisotopic (exact) mass is 325 g/mol. The minimum atomic E-state index is -0.641. The quantitative estimate of drug-likeness (QED) is 0.909. The second kappa shape index (κ2) is 6.70. The van der Waals surface area contributed by atoms with E-state index in [1.807, 2.05) is 6.92 Å². The molecule has 126 valence electrons. The van der Waals surface area contributed by atoms with Gasteiger partial charge in [0.25, 0.3) is 0 Å². The topological polar surface area (TPSA) is 44.8 Å². The average Bonchev–Trinajstić information content (AvgIpc) is 3.00. The van der Waals surface area contributed by atoms with Crippen LogP contribution in [0.15, 0.2) is 12.1 Å². The number of hydrogen-bond acceptors (Lipinski definition) is 3. The molecule has 0 radical (unpaired) electrons. The van der Waals surface area contributed by atoms with Gasteiger partial charge in [0.2, 0.25) is 0 Å². The summed E-state index contributed by atoms with van der Waals surface area (Å²) in [6.45, 7) is 4.58. The number of anilines is 2. The molecule has 0 aromatic heterocycles. The van der Waals surface area contributed by atoms with Crippen molar-refractivity contribution < 1.29 is 18.3 Å². The summed E-state index contributed by atoms with van der Waals surface area (Å²) in [5.41, 5.74) is 0.132. The molecular weight excluding hydrogens is 304 g/mol. The minimum Gasteiger partial charge on any atom is -0.375 e. The van der Waals surface area contributed by atoms with Gasteiger partial charge in [0.15, 0.2) is 11.6 Å². The van der Waals surface area contributed by atoms with E-state index >= 15 is 0 Å². The summed E-state index contributed by atoms with van der Waals surface area (Å²) in [7, 11) is 0. The van der Waals surface area contributed by atoms with Gasteiger partial charge in [0.05, 0.1) is 12.7 Å². The van der Waals surface area contributed by atoms with Crippen LogP contribution in [0.2, 0.25) is 0 Å². The molecule has 5 nitrogen and oxygen atoms in total. The first-order valence-corrected chi connectivity index (χ1v) is 7.96. The molecule has 3 rings (SSSR count). The molecule has 0 spiro atoms. The van der Waals surface area contributed by atoms with Crippen LogP contribution in [0.25, 0.3) is 0 Å². The van der Waals surface area contributed by atoms with Crippen LogP contribution in [-0.2, 0) is 4.74 Å². The number of carbonyl (C=O) groups is 1. The minimum absolute atomic E-state index is 0.000457. The number of carbonyl (C=O) groups excluding carboxylic acids is 1. The lowest BCUT2D eigenvalue weighted by Gasteiger charge is -2.31. The summed E-state index contributed by atoms with van der Waals surface area (Å²) in [6.07, 6.45) is 1.83. The van der Waals surface area contributed by atoms with E-state index in [9.17, 15) is 13.6 Å². The number of amides is 2. The number of halogens is 2. The van der Waals surface area contributed by atoms with Gasteiger partial charge in [0.1, 0.15) is 5.69 Å². The summed E-state index contributed by atoms with van der Waals surface area (Å²) >= 11 is 0. The van der Waals surface area contributed by atoms with Crippen molar-refractivity contribution in [3.63, 3.8) is 0 Å². The summed E-state index contributed by atoms with van der Waals surface area (Å²) in [5.74, 6) is -1.28. The van der Waals surface area contributed by atoms with E-state index in [-0.39, 0.29) is 23.5 Å². The van der Waals surface area contributed by atoms with Crippen LogP contribution in [0, 0.1) is 11.6 Å². The molecule has 1 N–H and O–H groups in total. The number of rotatable bonds is 2. The van der Waals surface area contributed by atoms with E-state index in [1.165, 1.54) is 12.1 Å². The Bertz CT molecular complexity index is 568. The Morgan fingerprint density at radius 3 is 2.48 bits per heavy atom. The molecule has 1 aromatic carbocycles. The van der Waals surface area contributed by atoms with Crippen LogP contribution in [0.3, 0.4) is 0 Å². The van der Waals surface area contributed by atoms with Crippen LogP contribution in [-0.4, -0.2) is 49.8 Å². The number of ether oxygens (including phenoxy) is 1. The van der Waals surface area contributed by atoms with E-state index in [0.717, 1.165) is 12.8 Å². The Labute approximate surface area is 134 Å². The summed E-state index contributed by atoms with van der Waals surface area (Å²) < 4.78 is 33.9. The molecule has 2 aliphatic rings. The molecular formula is C16H21F2N3O2. The van der Waals surface area contributed by atoms with Crippen molar-refractivity contribution in [1.82, 2.24) is 4.90 Å². The van der Waals surface area contributed by atoms with Crippen molar-refractivity contribution in [2.45, 2.75) is 25.9 Å². The normalized spacial score (nSPS) is 21.6. The van der Waals surface area contributed by atoms with Crippen LogP contribution in [0.4, 0.5) is 25.0 Å². The van der Waals surface area contributed by atoms with Crippen molar-refractivity contribution in [2.24, 2.45) is 0 Å². The second-order valence-corrected chi connectivity index (χ2v) is 6.04. The van der Waals surface area contributed by atoms with Crippen molar-refractivity contribution >= 4 is 17.4 Å². The lowest BCUT2D eigenvalue weighted by molar-refractivity contribution is -0.00138. The maximum absolute atomic E-state index is 14.3. The van der Waals surface area contributed by atoms with Gasteiger partial charge in [-0.3, -0.25) is 0 Å². The number of hydrogen-bond donors (Lipinski definition) is 1. The van der Waals surface area contributed by atoms with E-state index in [0.29, 0.717) is 32.8 Å². The number of nitrogens with zero attached hydrogens (tertiary/aromatic N) is 2. The second-order valence-electron chi connectivity index (χ2n) is 6.04. The fourth-order valence-electron chi connectivity index (χ4n) is 3.09. The van der Waals surface area contributed by atoms with Crippen molar-refractivity contribution in [3.05, 3.63) is 23.8 Å². The standard InChI is InChI=1S/C16H21F2N3O2/c1-11-10-21(6-7-23-11)16(22)19-12-8-13(17)15(14(18)9-12)20-4-2-3-5-20/h8-9,11H,2-7,10H2,1H3,(H,19,22)/t11-/m0/s1. The maximum Gasteiger partial charge on any atom is 0.322 e. The first-order valence-electron chi connectivity index (χ1n) is 7.96. The van der Waals surface area contributed by atoms with Gasteiger partial charge < -0.3 is 19.9 Å². The predicted octanol–water partition coefficient (Wildman–Crippen LogP) is 2.82. The zero-order valence-electron chi connectivity index (χ0n) is 13.1. The Morgan fingerprint density at radius 2 is 1.87 bits per heavy atom. The predicted molar refractivity (Wildman–Crippen MR) is 83.8 cm³/mol. The summed E-state index contributed by atoms with van der Waals surface area (Å²) in [4.78, 5) is 15.5. The molecule has 2 fully saturated rings. The van der Waals surface area contributed by atoms with Crippen LogP contribution < -0.4 is 10.2 Å². The van der Waals surface area contributed by atoms with Gasteiger partial charge in [0, 0.05) is 31.9 Å². The fourth-order valence-corrected chi connectivity index (χ4v) is 3.09. The highest BCUT2D eigenvalue weighted by atomic mass is 19.1. The highest BCUT2D eigenvalue weighted by Gasteiger charge is 2.24. The van der Waals surface area contributed by atoms with Crippen LogP contribution in [0.1, 0.15) is 19.8 Å². The molecule has 7 heteroatoms. The highest BCUT2D eigenvalue weighted by Crippen LogP contribution is 2.29. The van der Waals surface area contributed by atoms with E-state index < -0.39 is 11.6 Å². The van der Waals surface area contributed by atoms with E-state index in [1.54, 1.807) is 9.80 Å². The Kier molecular flexibility index (Phi) is 4.66. The summed E-state index contributed by atoms with van der Waals surface area (Å²) in [5, 5.41) is 2.56. The lowest BCUT2D eigenvalue weighted by Crippen LogP contribution is -2.46. The highest BCUT2D eigenvalue weighted by molar-refractivity contribution is 5.89. The molecule has 2 amide bonds. The van der Waals surface area contributed by atoms with Crippen molar-refractivity contribution in [2.75, 3.05) is 43.0 Å². The van der Waals surface area contributed by atoms with Crippen LogP contribution in [0.5, 0.6) is 0 Å². The zero-order chi connectivity index (χ0) is 16.4. The van der Waals surface area contributed by atoms with Gasteiger partial charge in [-0.1, -0.05) is 0 Å². The number of urea groups is 1. The Balaban J connectivity index is 1.72. The third-order valence-electron chi connectivity index (χ3n) is 4.22. The largest absolute Gasteiger partial charge is 0.375 e. The molecule has 2 saturated heterocycles. The molecule has 2 heterocycles. The van der Waals surface area contributed by atoms with Gasteiger partial charge >= 0.3 is 6.03 Å². The first-order chi connectivity index (χ1) is 11.0. The van der Waals surface area contributed by atoms with Crippen molar-refractivity contribution in [3.8, 4) is 0 Å². The first kappa shape index (κ1) is 16.0. The molecule has 2 aliphatic heterocycles. The number of nitrogens with one attached hydrogen (secondary N) is 1. The van der Waals surface area contributed by atoms with Gasteiger partial charge in [-0.25, -0.2) is 13.6 Å². The maximum atomic E-state index is 14.3. The van der Waals surface area contributed by atoms with Crippen LogP contribution >= 0.6 is 0 Å². The molecule has 1 atom stereocenters. The zero-order valence-corrected chi connectivity index (χ0v) is 13.1. The van der Waals surface area contributed by atoms with Gasteiger partial charge in [-0.2, -0.15) is 0 Å².